The summed E-state index contributed by atoms with van der Waals surface area (Å²) in [6, 6.07) is 7.59. The Bertz CT molecular complexity index is 898. The summed E-state index contributed by atoms with van der Waals surface area (Å²) < 4.78 is 9.80. The summed E-state index contributed by atoms with van der Waals surface area (Å²) in [5, 5.41) is 26.8. The van der Waals surface area contributed by atoms with E-state index in [2.05, 4.69) is 10.6 Å². The highest BCUT2D eigenvalue weighted by Gasteiger charge is 2.21. The fraction of sp³-hybridized carbons (Fsp3) is 0.176. The molecule has 0 aliphatic heterocycles. The van der Waals surface area contributed by atoms with Crippen molar-refractivity contribution in [2.45, 2.75) is 6.42 Å². The Morgan fingerprint density at radius 1 is 0.828 bits per heavy atom. The van der Waals surface area contributed by atoms with Gasteiger partial charge in [0.25, 0.3) is 11.4 Å². The molecule has 2 aromatic rings. The number of methoxy groups -OCH3 is 2. The molecule has 0 fully saturated rings. The molecule has 0 aliphatic carbocycles. The minimum absolute atomic E-state index is 0.121. The molecule has 2 rings (SSSR count). The van der Waals surface area contributed by atoms with Crippen LogP contribution in [0.3, 0.4) is 0 Å². The molecule has 29 heavy (non-hydrogen) atoms. The van der Waals surface area contributed by atoms with Crippen molar-refractivity contribution < 1.29 is 28.9 Å². The molecule has 0 aliphatic rings. The van der Waals surface area contributed by atoms with Gasteiger partial charge in [-0.3, -0.25) is 29.8 Å². The van der Waals surface area contributed by atoms with Gasteiger partial charge in [-0.2, -0.15) is 0 Å². The van der Waals surface area contributed by atoms with Crippen molar-refractivity contribution in [2.75, 3.05) is 24.9 Å². The zero-order chi connectivity index (χ0) is 21.6. The number of carbonyl (C=O) groups excluding carboxylic acids is 2. The minimum Gasteiger partial charge on any atom is -0.496 e. The second kappa shape index (κ2) is 9.12. The molecule has 0 radical (unpaired) electrons. The first-order chi connectivity index (χ1) is 13.7. The number of benzene rings is 2. The number of amides is 2. The summed E-state index contributed by atoms with van der Waals surface area (Å²) in [5.74, 6) is -1.24. The van der Waals surface area contributed by atoms with E-state index in [4.69, 9.17) is 9.47 Å². The molecule has 152 valence electrons. The third kappa shape index (κ3) is 5.38. The number of ether oxygens (including phenoxy) is 2. The van der Waals surface area contributed by atoms with Crippen molar-refractivity contribution >= 4 is 34.6 Å². The van der Waals surface area contributed by atoms with Crippen LogP contribution in [0.15, 0.2) is 36.4 Å². The van der Waals surface area contributed by atoms with Gasteiger partial charge in [-0.05, 0) is 24.3 Å². The first kappa shape index (κ1) is 21.1. The number of nitro groups is 2. The van der Waals surface area contributed by atoms with Gasteiger partial charge >= 0.3 is 0 Å². The second-order valence-corrected chi connectivity index (χ2v) is 5.55. The van der Waals surface area contributed by atoms with Gasteiger partial charge in [0.05, 0.1) is 36.2 Å². The van der Waals surface area contributed by atoms with Crippen molar-refractivity contribution in [3.63, 3.8) is 0 Å². The molecule has 0 saturated heterocycles. The molecule has 0 spiro atoms. The lowest BCUT2D eigenvalue weighted by atomic mass is 10.2. The third-order valence-electron chi connectivity index (χ3n) is 3.67. The summed E-state index contributed by atoms with van der Waals surface area (Å²) in [4.78, 5) is 45.0. The van der Waals surface area contributed by atoms with Gasteiger partial charge in [0.1, 0.15) is 29.3 Å². The summed E-state index contributed by atoms with van der Waals surface area (Å²) in [5.41, 5.74) is -1.07. The van der Waals surface area contributed by atoms with Crippen LogP contribution in [0.4, 0.5) is 22.7 Å². The van der Waals surface area contributed by atoms with E-state index in [1.54, 1.807) is 0 Å². The summed E-state index contributed by atoms with van der Waals surface area (Å²) in [6.45, 7) is 0. The molecule has 12 heteroatoms. The van der Waals surface area contributed by atoms with E-state index >= 15 is 0 Å². The monoisotopic (exact) mass is 404 g/mol. The van der Waals surface area contributed by atoms with Crippen molar-refractivity contribution in [3.8, 4) is 11.5 Å². The molecular formula is C17H16N4O8. The average Bonchev–Trinajstić information content (AvgIpc) is 2.67. The second-order valence-electron chi connectivity index (χ2n) is 5.55. The van der Waals surface area contributed by atoms with E-state index in [0.717, 1.165) is 12.1 Å². The van der Waals surface area contributed by atoms with E-state index in [1.165, 1.54) is 38.5 Å². The molecule has 2 N–H and O–H groups in total. The van der Waals surface area contributed by atoms with Crippen LogP contribution in [-0.2, 0) is 9.59 Å². The topological polar surface area (TPSA) is 163 Å². The lowest BCUT2D eigenvalue weighted by molar-refractivity contribution is -0.384. The standard InChI is InChI=1S/C17H16N4O8/c1-28-10-3-5-12(14(7-10)20(24)25)18-16(22)9-17(23)19-13-6-4-11(29-2)8-15(13)21(26)27/h3-8H,9H2,1-2H3,(H,18,22)(H,19,23). The Hall–Kier alpha value is -4.22. The number of nitro benzene ring substituents is 2. The summed E-state index contributed by atoms with van der Waals surface area (Å²) in [7, 11) is 2.67. The zero-order valence-corrected chi connectivity index (χ0v) is 15.3. The summed E-state index contributed by atoms with van der Waals surface area (Å²) in [6.07, 6.45) is -0.716. The van der Waals surface area contributed by atoms with Gasteiger partial charge in [-0.1, -0.05) is 0 Å². The van der Waals surface area contributed by atoms with Crippen LogP contribution in [0.2, 0.25) is 0 Å². The van der Waals surface area contributed by atoms with Gasteiger partial charge in [0, 0.05) is 0 Å². The minimum atomic E-state index is -0.841. The molecule has 0 unspecified atom stereocenters. The largest absolute Gasteiger partial charge is 0.496 e. The first-order valence-corrected chi connectivity index (χ1v) is 7.99. The highest BCUT2D eigenvalue weighted by Crippen LogP contribution is 2.30. The number of nitrogens with zero attached hydrogens (tertiary/aromatic N) is 2. The van der Waals surface area contributed by atoms with Gasteiger partial charge in [0.2, 0.25) is 11.8 Å². The van der Waals surface area contributed by atoms with Gasteiger partial charge in [0.15, 0.2) is 0 Å². The van der Waals surface area contributed by atoms with E-state index in [-0.39, 0.29) is 22.9 Å². The fourth-order valence-corrected chi connectivity index (χ4v) is 2.32. The van der Waals surface area contributed by atoms with Crippen molar-refractivity contribution in [1.82, 2.24) is 0 Å². The van der Waals surface area contributed by atoms with E-state index in [1.807, 2.05) is 0 Å². The maximum atomic E-state index is 12.1. The van der Waals surface area contributed by atoms with Gasteiger partial charge < -0.3 is 20.1 Å². The smallest absolute Gasteiger partial charge is 0.296 e. The molecule has 2 amide bonds. The normalized spacial score (nSPS) is 10.0. The number of carbonyl (C=O) groups is 2. The van der Waals surface area contributed by atoms with Gasteiger partial charge in [-0.25, -0.2) is 0 Å². The Kier molecular flexibility index (Phi) is 6.63. The van der Waals surface area contributed by atoms with Crippen molar-refractivity contribution in [1.29, 1.82) is 0 Å². The van der Waals surface area contributed by atoms with Crippen LogP contribution in [0.25, 0.3) is 0 Å². The van der Waals surface area contributed by atoms with Crippen LogP contribution >= 0.6 is 0 Å². The molecule has 2 aromatic carbocycles. The van der Waals surface area contributed by atoms with E-state index < -0.39 is 39.5 Å². The molecule has 0 saturated carbocycles. The molecule has 0 heterocycles. The predicted molar refractivity (Wildman–Crippen MR) is 101 cm³/mol. The average molecular weight is 404 g/mol. The number of hydrogen-bond acceptors (Lipinski definition) is 8. The highest BCUT2D eigenvalue weighted by atomic mass is 16.6. The predicted octanol–water partition coefficient (Wildman–Crippen LogP) is 2.49. The van der Waals surface area contributed by atoms with E-state index in [9.17, 15) is 29.8 Å². The number of hydrogen-bond donors (Lipinski definition) is 2. The molecule has 12 nitrogen and oxygen atoms in total. The summed E-state index contributed by atoms with van der Waals surface area (Å²) >= 11 is 0. The lowest BCUT2D eigenvalue weighted by Gasteiger charge is -2.09. The van der Waals surface area contributed by atoms with Crippen LogP contribution in [-0.4, -0.2) is 35.9 Å². The molecule has 0 atom stereocenters. The third-order valence-corrected chi connectivity index (χ3v) is 3.67. The SMILES string of the molecule is COc1ccc(NC(=O)CC(=O)Nc2ccc(OC)cc2[N+](=O)[O-])c([N+](=O)[O-])c1. The van der Waals surface area contributed by atoms with Gasteiger partial charge in [-0.15, -0.1) is 0 Å². The molecular weight excluding hydrogens is 388 g/mol. The quantitative estimate of drug-likeness (QED) is 0.385. The molecule has 0 aromatic heterocycles. The number of anilines is 2. The maximum absolute atomic E-state index is 12.1. The Balaban J connectivity index is 2.10. The van der Waals surface area contributed by atoms with Crippen molar-refractivity contribution in [3.05, 3.63) is 56.6 Å². The highest BCUT2D eigenvalue weighted by molar-refractivity contribution is 6.09. The Morgan fingerprint density at radius 3 is 1.52 bits per heavy atom. The maximum Gasteiger partial charge on any atom is 0.296 e. The van der Waals surface area contributed by atoms with E-state index in [0.29, 0.717) is 0 Å². The number of rotatable bonds is 8. The fourth-order valence-electron chi connectivity index (χ4n) is 2.32. The zero-order valence-electron chi connectivity index (χ0n) is 15.3. The lowest BCUT2D eigenvalue weighted by Crippen LogP contribution is -2.22. The number of nitrogens with one attached hydrogen (secondary N) is 2. The van der Waals surface area contributed by atoms with Crippen molar-refractivity contribution in [2.24, 2.45) is 0 Å². The Morgan fingerprint density at radius 2 is 1.21 bits per heavy atom. The van der Waals surface area contributed by atoms with Crippen LogP contribution < -0.4 is 20.1 Å². The Labute approximate surface area is 163 Å². The van der Waals surface area contributed by atoms with Crippen LogP contribution in [0.5, 0.6) is 11.5 Å². The first-order valence-electron chi connectivity index (χ1n) is 7.99. The van der Waals surface area contributed by atoms with Crippen LogP contribution in [0, 0.1) is 20.2 Å². The van der Waals surface area contributed by atoms with Crippen LogP contribution in [0.1, 0.15) is 6.42 Å². The molecule has 0 bridgehead atoms.